The number of halogens is 1. The van der Waals surface area contributed by atoms with Crippen molar-refractivity contribution in [3.05, 3.63) is 23.5 Å². The number of benzene rings is 1. The van der Waals surface area contributed by atoms with Crippen molar-refractivity contribution in [2.24, 2.45) is 5.92 Å². The van der Waals surface area contributed by atoms with Gasteiger partial charge in [-0.15, -0.1) is 0 Å². The fourth-order valence-corrected chi connectivity index (χ4v) is 2.40. The van der Waals surface area contributed by atoms with E-state index in [1.165, 1.54) is 0 Å². The van der Waals surface area contributed by atoms with E-state index in [9.17, 15) is 14.3 Å². The highest BCUT2D eigenvalue weighted by atomic mass is 19.1. The van der Waals surface area contributed by atoms with E-state index in [2.05, 4.69) is 5.32 Å². The van der Waals surface area contributed by atoms with Gasteiger partial charge >= 0.3 is 5.97 Å². The van der Waals surface area contributed by atoms with Gasteiger partial charge in [0.15, 0.2) is 0 Å². The highest BCUT2D eigenvalue weighted by Gasteiger charge is 2.25. The first-order valence-corrected chi connectivity index (χ1v) is 6.23. The Kier molecular flexibility index (Phi) is 3.90. The normalized spacial score (nSPS) is 22.4. The molecule has 0 bridgehead atoms. The Hall–Kier alpha value is -1.82. The fraction of sp³-hybridized carbons (Fsp3) is 0.462. The summed E-state index contributed by atoms with van der Waals surface area (Å²) in [6.07, 6.45) is 2.35. The monoisotopic (exact) mass is 268 g/mol. The Bertz CT molecular complexity index is 493. The zero-order valence-electron chi connectivity index (χ0n) is 10.4. The first-order chi connectivity index (χ1) is 8.99. The summed E-state index contributed by atoms with van der Waals surface area (Å²) in [4.78, 5) is 10.7. The Labute approximate surface area is 110 Å². The topological polar surface area (TPSA) is 95.6 Å². The molecule has 0 spiro atoms. The number of nitrogens with two attached hydrogens (primary N) is 1. The van der Waals surface area contributed by atoms with Crippen LogP contribution in [0.5, 0.6) is 0 Å². The van der Waals surface area contributed by atoms with Gasteiger partial charge in [0.05, 0.1) is 23.0 Å². The van der Waals surface area contributed by atoms with Crippen LogP contribution in [0.25, 0.3) is 0 Å². The SMILES string of the molecule is Nc1cc(C(=O)O)c(F)cc1NCC1CCCC1O. The van der Waals surface area contributed by atoms with Crippen LogP contribution in [0.2, 0.25) is 0 Å². The average Bonchev–Trinajstić information content (AvgIpc) is 2.75. The van der Waals surface area contributed by atoms with E-state index in [0.717, 1.165) is 31.4 Å². The number of carboxylic acids is 1. The second kappa shape index (κ2) is 5.44. The number of aliphatic hydroxyl groups excluding tert-OH is 1. The second-order valence-electron chi connectivity index (χ2n) is 4.86. The lowest BCUT2D eigenvalue weighted by Crippen LogP contribution is -2.22. The Morgan fingerprint density at radius 1 is 1.47 bits per heavy atom. The largest absolute Gasteiger partial charge is 0.478 e. The maximum Gasteiger partial charge on any atom is 0.338 e. The summed E-state index contributed by atoms with van der Waals surface area (Å²) in [5.41, 5.74) is 5.80. The number of nitrogen functional groups attached to an aromatic ring is 1. The Morgan fingerprint density at radius 2 is 2.21 bits per heavy atom. The second-order valence-corrected chi connectivity index (χ2v) is 4.86. The molecule has 0 radical (unpaired) electrons. The Balaban J connectivity index is 2.08. The molecule has 104 valence electrons. The number of nitrogens with one attached hydrogen (secondary N) is 1. The summed E-state index contributed by atoms with van der Waals surface area (Å²) in [5, 5.41) is 21.4. The molecule has 6 heteroatoms. The highest BCUT2D eigenvalue weighted by Crippen LogP contribution is 2.28. The van der Waals surface area contributed by atoms with E-state index < -0.39 is 17.3 Å². The van der Waals surface area contributed by atoms with Gasteiger partial charge in [-0.3, -0.25) is 0 Å². The molecule has 1 aliphatic carbocycles. The van der Waals surface area contributed by atoms with Crippen LogP contribution in [-0.4, -0.2) is 28.8 Å². The summed E-state index contributed by atoms with van der Waals surface area (Å²) in [7, 11) is 0. The van der Waals surface area contributed by atoms with E-state index in [1.54, 1.807) is 0 Å². The van der Waals surface area contributed by atoms with Gasteiger partial charge in [-0.1, -0.05) is 6.42 Å². The lowest BCUT2D eigenvalue weighted by Gasteiger charge is -2.17. The van der Waals surface area contributed by atoms with Crippen LogP contribution in [-0.2, 0) is 0 Å². The van der Waals surface area contributed by atoms with Gasteiger partial charge in [-0.2, -0.15) is 0 Å². The fourth-order valence-electron chi connectivity index (χ4n) is 2.40. The summed E-state index contributed by atoms with van der Waals surface area (Å²) in [5.74, 6) is -2.04. The standard InChI is InChI=1S/C13H17FN2O3/c14-9-5-11(10(15)4-8(9)13(18)19)16-6-7-2-1-3-12(7)17/h4-5,7,12,16-17H,1-3,6,15H2,(H,18,19). The molecule has 5 N–H and O–H groups in total. The highest BCUT2D eigenvalue weighted by molar-refractivity contribution is 5.90. The molecule has 1 saturated carbocycles. The molecule has 0 aliphatic heterocycles. The van der Waals surface area contributed by atoms with Crippen molar-refractivity contribution in [1.82, 2.24) is 0 Å². The zero-order valence-corrected chi connectivity index (χ0v) is 10.4. The van der Waals surface area contributed by atoms with Crippen molar-refractivity contribution in [1.29, 1.82) is 0 Å². The molecule has 1 aromatic rings. The van der Waals surface area contributed by atoms with Crippen LogP contribution in [0.3, 0.4) is 0 Å². The maximum atomic E-state index is 13.5. The first kappa shape index (κ1) is 13.6. The molecule has 0 heterocycles. The van der Waals surface area contributed by atoms with Gasteiger partial charge in [0, 0.05) is 12.5 Å². The van der Waals surface area contributed by atoms with Crippen molar-refractivity contribution < 1.29 is 19.4 Å². The number of carbonyl (C=O) groups is 1. The molecule has 0 saturated heterocycles. The molecule has 0 aromatic heterocycles. The molecule has 1 fully saturated rings. The van der Waals surface area contributed by atoms with E-state index in [-0.39, 0.29) is 17.7 Å². The average molecular weight is 268 g/mol. The summed E-state index contributed by atoms with van der Waals surface area (Å²) in [6.45, 7) is 0.497. The number of aliphatic hydroxyl groups is 1. The van der Waals surface area contributed by atoms with Gasteiger partial charge < -0.3 is 21.3 Å². The van der Waals surface area contributed by atoms with Gasteiger partial charge in [0.2, 0.25) is 0 Å². The minimum absolute atomic E-state index is 0.126. The molecule has 19 heavy (non-hydrogen) atoms. The quantitative estimate of drug-likeness (QED) is 0.623. The van der Waals surface area contributed by atoms with Crippen molar-refractivity contribution in [3.8, 4) is 0 Å². The Morgan fingerprint density at radius 3 is 2.79 bits per heavy atom. The number of anilines is 2. The van der Waals surface area contributed by atoms with E-state index in [1.807, 2.05) is 0 Å². The minimum atomic E-state index is -1.35. The van der Waals surface area contributed by atoms with Gasteiger partial charge in [0.1, 0.15) is 5.82 Å². The number of hydrogen-bond acceptors (Lipinski definition) is 4. The molecule has 2 unspecified atom stereocenters. The molecule has 0 amide bonds. The lowest BCUT2D eigenvalue weighted by atomic mass is 10.1. The maximum absolute atomic E-state index is 13.5. The summed E-state index contributed by atoms with van der Waals surface area (Å²) in [6, 6.07) is 2.19. The van der Waals surface area contributed by atoms with Crippen LogP contribution >= 0.6 is 0 Å². The molecular formula is C13H17FN2O3. The van der Waals surface area contributed by atoms with Crippen molar-refractivity contribution in [3.63, 3.8) is 0 Å². The van der Waals surface area contributed by atoms with Crippen LogP contribution in [0, 0.1) is 11.7 Å². The molecule has 1 aliphatic rings. The third kappa shape index (κ3) is 2.96. The lowest BCUT2D eigenvalue weighted by molar-refractivity contribution is 0.0692. The number of carboxylic acid groups (broad SMARTS) is 1. The van der Waals surface area contributed by atoms with E-state index >= 15 is 0 Å². The van der Waals surface area contributed by atoms with Crippen molar-refractivity contribution in [2.75, 3.05) is 17.6 Å². The number of rotatable bonds is 4. The molecule has 2 atom stereocenters. The van der Waals surface area contributed by atoms with Gasteiger partial charge in [-0.05, 0) is 25.0 Å². The van der Waals surface area contributed by atoms with E-state index in [0.29, 0.717) is 12.2 Å². The van der Waals surface area contributed by atoms with Gasteiger partial charge in [-0.25, -0.2) is 9.18 Å². The van der Waals surface area contributed by atoms with Gasteiger partial charge in [0.25, 0.3) is 0 Å². The molecule has 5 nitrogen and oxygen atoms in total. The molecule has 1 aromatic carbocycles. The van der Waals surface area contributed by atoms with E-state index in [4.69, 9.17) is 10.8 Å². The number of hydrogen-bond donors (Lipinski definition) is 4. The summed E-state index contributed by atoms with van der Waals surface area (Å²) < 4.78 is 13.5. The predicted octanol–water partition coefficient (Wildman–Crippen LogP) is 1.68. The van der Waals surface area contributed by atoms with Crippen molar-refractivity contribution >= 4 is 17.3 Å². The third-order valence-electron chi connectivity index (χ3n) is 3.54. The zero-order chi connectivity index (χ0) is 14.0. The third-order valence-corrected chi connectivity index (χ3v) is 3.54. The van der Waals surface area contributed by atoms with Crippen LogP contribution < -0.4 is 11.1 Å². The smallest absolute Gasteiger partial charge is 0.338 e. The predicted molar refractivity (Wildman–Crippen MR) is 69.6 cm³/mol. The first-order valence-electron chi connectivity index (χ1n) is 6.23. The van der Waals surface area contributed by atoms with Crippen LogP contribution in [0.15, 0.2) is 12.1 Å². The molecule has 2 rings (SSSR count). The van der Waals surface area contributed by atoms with Crippen LogP contribution in [0.4, 0.5) is 15.8 Å². The van der Waals surface area contributed by atoms with Crippen molar-refractivity contribution in [2.45, 2.75) is 25.4 Å². The molecular weight excluding hydrogens is 251 g/mol. The van der Waals surface area contributed by atoms with Crippen LogP contribution in [0.1, 0.15) is 29.6 Å². The number of aromatic carboxylic acids is 1. The summed E-state index contributed by atoms with van der Waals surface area (Å²) >= 11 is 0. The minimum Gasteiger partial charge on any atom is -0.478 e.